The summed E-state index contributed by atoms with van der Waals surface area (Å²) in [6.45, 7) is 7.70. The summed E-state index contributed by atoms with van der Waals surface area (Å²) in [5.74, 6) is -3.65. The van der Waals surface area contributed by atoms with Crippen LogP contribution in [0.4, 0.5) is 8.78 Å². The maximum Gasteiger partial charge on any atom is 0.311 e. The maximum atomic E-state index is 14.3. The molecular weight excluding hydrogens is 533 g/mol. The highest BCUT2D eigenvalue weighted by atomic mass is 35.5. The number of rotatable bonds is 6. The molecule has 3 aromatic rings. The number of esters is 1. The Kier molecular flexibility index (Phi) is 7.65. The number of hydrogen-bond acceptors (Lipinski definition) is 3. The van der Waals surface area contributed by atoms with Gasteiger partial charge < -0.3 is 14.2 Å². The molecule has 4 rings (SSSR count). The molecule has 5 nitrogen and oxygen atoms in total. The molecule has 1 aliphatic rings. The van der Waals surface area contributed by atoms with E-state index in [9.17, 15) is 18.4 Å². The van der Waals surface area contributed by atoms with Crippen LogP contribution in [-0.4, -0.2) is 41.5 Å². The van der Waals surface area contributed by atoms with Gasteiger partial charge in [0.1, 0.15) is 0 Å². The number of carbonyl (C=O) groups excluding carboxylic acids is 2. The van der Waals surface area contributed by atoms with Gasteiger partial charge >= 0.3 is 5.97 Å². The minimum atomic E-state index is -3.15. The number of fused-ring (bicyclic) bond motifs is 1. The molecule has 38 heavy (non-hydrogen) atoms. The van der Waals surface area contributed by atoms with Crippen molar-refractivity contribution in [1.82, 2.24) is 9.47 Å². The average molecular weight is 563 g/mol. The molecule has 0 unspecified atom stereocenters. The summed E-state index contributed by atoms with van der Waals surface area (Å²) in [4.78, 5) is 27.2. The summed E-state index contributed by atoms with van der Waals surface area (Å²) in [7, 11) is 3.17. The van der Waals surface area contributed by atoms with Gasteiger partial charge in [-0.3, -0.25) is 9.59 Å². The van der Waals surface area contributed by atoms with Gasteiger partial charge in [0, 0.05) is 53.7 Å². The van der Waals surface area contributed by atoms with Gasteiger partial charge in [-0.05, 0) is 74.2 Å². The molecule has 1 aromatic heterocycles. The van der Waals surface area contributed by atoms with E-state index in [-0.39, 0.29) is 22.5 Å². The third kappa shape index (κ3) is 4.94. The number of nitrogens with zero attached hydrogens (tertiary/aromatic N) is 2. The molecule has 1 saturated heterocycles. The topological polar surface area (TPSA) is 51.5 Å². The molecule has 1 fully saturated rings. The van der Waals surface area contributed by atoms with E-state index in [1.54, 1.807) is 31.0 Å². The van der Waals surface area contributed by atoms with E-state index >= 15 is 0 Å². The highest BCUT2D eigenvalue weighted by molar-refractivity contribution is 6.38. The molecule has 202 valence electrons. The first-order valence-electron chi connectivity index (χ1n) is 12.3. The molecule has 0 spiro atoms. The summed E-state index contributed by atoms with van der Waals surface area (Å²) in [5.41, 5.74) is 2.33. The van der Waals surface area contributed by atoms with Crippen molar-refractivity contribution in [2.75, 3.05) is 20.2 Å². The van der Waals surface area contributed by atoms with Gasteiger partial charge in [-0.1, -0.05) is 29.8 Å². The number of carbonyl (C=O) groups is 2. The van der Waals surface area contributed by atoms with Crippen LogP contribution in [-0.2, 0) is 28.9 Å². The van der Waals surface area contributed by atoms with E-state index < -0.39 is 11.3 Å². The van der Waals surface area contributed by atoms with E-state index in [0.29, 0.717) is 65.7 Å². The molecule has 9 heteroatoms. The second kappa shape index (κ2) is 10.3. The molecule has 2 heterocycles. The highest BCUT2D eigenvalue weighted by Crippen LogP contribution is 2.37. The molecule has 1 aliphatic heterocycles. The second-order valence-electron chi connectivity index (χ2n) is 10.2. The number of hydrogen-bond donors (Lipinski definition) is 0. The summed E-state index contributed by atoms with van der Waals surface area (Å²) in [6, 6.07) is 8.13. The zero-order valence-electron chi connectivity index (χ0n) is 21.8. The average Bonchev–Trinajstić information content (AvgIpc) is 3.21. The van der Waals surface area contributed by atoms with Gasteiger partial charge in [-0.25, -0.2) is 0 Å². The maximum absolute atomic E-state index is 14.3. The Bertz CT molecular complexity index is 1440. The third-order valence-electron chi connectivity index (χ3n) is 7.72. The van der Waals surface area contributed by atoms with Gasteiger partial charge in [-0.15, -0.1) is 0 Å². The number of aromatic nitrogens is 1. The van der Waals surface area contributed by atoms with Crippen molar-refractivity contribution in [2.45, 2.75) is 39.0 Å². The fourth-order valence-electron chi connectivity index (χ4n) is 5.07. The lowest BCUT2D eigenvalue weighted by Gasteiger charge is -2.37. The van der Waals surface area contributed by atoms with Crippen molar-refractivity contribution in [1.29, 1.82) is 0 Å². The van der Waals surface area contributed by atoms with Gasteiger partial charge in [0.2, 0.25) is 0 Å². The molecule has 0 radical (unpaired) electrons. The predicted octanol–water partition coefficient (Wildman–Crippen LogP) is 7.08. The smallest absolute Gasteiger partial charge is 0.311 e. The number of allylic oxidation sites excluding steroid dienone is 1. The number of methoxy groups -OCH3 is 1. The zero-order chi connectivity index (χ0) is 28.0. The first kappa shape index (κ1) is 28.1. The molecule has 1 amide bonds. The van der Waals surface area contributed by atoms with Crippen LogP contribution in [0.1, 0.15) is 52.5 Å². The van der Waals surface area contributed by atoms with E-state index in [2.05, 4.69) is 6.58 Å². The van der Waals surface area contributed by atoms with Crippen LogP contribution in [0.25, 0.3) is 10.9 Å². The number of amides is 1. The van der Waals surface area contributed by atoms with Gasteiger partial charge in [0.05, 0.1) is 23.1 Å². The van der Waals surface area contributed by atoms with Crippen molar-refractivity contribution in [3.05, 3.63) is 81.0 Å². The molecule has 0 saturated carbocycles. The van der Waals surface area contributed by atoms with Crippen molar-refractivity contribution < 1.29 is 23.1 Å². The first-order chi connectivity index (χ1) is 17.8. The lowest BCUT2D eigenvalue weighted by molar-refractivity contribution is -0.154. The number of piperidine rings is 1. The van der Waals surface area contributed by atoms with E-state index in [4.69, 9.17) is 27.9 Å². The predicted molar refractivity (Wildman–Crippen MR) is 146 cm³/mol. The lowest BCUT2D eigenvalue weighted by Crippen LogP contribution is -2.45. The minimum absolute atomic E-state index is 0.126. The van der Waals surface area contributed by atoms with Crippen LogP contribution in [0.2, 0.25) is 10.0 Å². The van der Waals surface area contributed by atoms with Crippen LogP contribution in [0.3, 0.4) is 0 Å². The Morgan fingerprint density at radius 1 is 1.18 bits per heavy atom. The molecule has 0 N–H and O–H groups in total. The van der Waals surface area contributed by atoms with Crippen molar-refractivity contribution in [3.8, 4) is 0 Å². The number of halogens is 4. The fourth-order valence-corrected chi connectivity index (χ4v) is 5.66. The number of ether oxygens (including phenoxy) is 1. The van der Waals surface area contributed by atoms with Crippen LogP contribution in [0, 0.1) is 12.3 Å². The Hall–Kier alpha value is -2.90. The van der Waals surface area contributed by atoms with Gasteiger partial charge in [0.15, 0.2) is 0 Å². The van der Waals surface area contributed by atoms with Crippen LogP contribution < -0.4 is 0 Å². The van der Waals surface area contributed by atoms with E-state index in [1.165, 1.54) is 19.2 Å². The molecule has 2 aromatic carbocycles. The molecule has 0 aliphatic carbocycles. The van der Waals surface area contributed by atoms with E-state index in [0.717, 1.165) is 11.1 Å². The zero-order valence-corrected chi connectivity index (χ0v) is 23.3. The SMILES string of the molecule is C=CC(F)(F)c1cc(C)c2cc(Cc3c(Cl)ccc(C(=O)N4CCC(C)(C(=O)OC)CC4)c3Cl)n(C)c2c1. The number of aryl methyl sites for hydroxylation is 2. The van der Waals surface area contributed by atoms with Crippen LogP contribution in [0.5, 0.6) is 0 Å². The normalized spacial score (nSPS) is 15.5. The Morgan fingerprint density at radius 3 is 2.45 bits per heavy atom. The number of alkyl halides is 2. The monoisotopic (exact) mass is 562 g/mol. The standard InChI is InChI=1S/C29H30Cl2F2N2O3/c1-6-29(32,33)18-13-17(2)21-15-19(34(4)24(21)14-18)16-22-23(30)8-7-20(25(22)31)26(36)35-11-9-28(3,10-12-35)27(37)38-5/h6-8,13-15H,1,9-12,16H2,2-5H3. The van der Waals surface area contributed by atoms with Gasteiger partial charge in [-0.2, -0.15) is 8.78 Å². The molecule has 0 atom stereocenters. The fraction of sp³-hybridized carbons (Fsp3) is 0.379. The first-order valence-corrected chi connectivity index (χ1v) is 13.0. The number of likely N-dealkylation sites (tertiary alicyclic amines) is 1. The summed E-state index contributed by atoms with van der Waals surface area (Å²) >= 11 is 13.3. The quantitative estimate of drug-likeness (QED) is 0.238. The molecule has 0 bridgehead atoms. The largest absolute Gasteiger partial charge is 0.469 e. The highest BCUT2D eigenvalue weighted by Gasteiger charge is 2.39. The summed E-state index contributed by atoms with van der Waals surface area (Å²) < 4.78 is 35.4. The minimum Gasteiger partial charge on any atom is -0.469 e. The summed E-state index contributed by atoms with van der Waals surface area (Å²) in [6.07, 6.45) is 1.92. The van der Waals surface area contributed by atoms with Crippen molar-refractivity contribution in [3.63, 3.8) is 0 Å². The van der Waals surface area contributed by atoms with E-state index in [1.807, 2.05) is 17.6 Å². The number of benzene rings is 2. The van der Waals surface area contributed by atoms with Gasteiger partial charge in [0.25, 0.3) is 11.8 Å². The Balaban J connectivity index is 1.64. The van der Waals surface area contributed by atoms with Crippen LogP contribution >= 0.6 is 23.2 Å². The lowest BCUT2D eigenvalue weighted by atomic mass is 9.80. The molecular formula is C29H30Cl2F2N2O3. The Morgan fingerprint density at radius 2 is 1.84 bits per heavy atom. The van der Waals surface area contributed by atoms with Crippen LogP contribution in [0.15, 0.2) is 43.0 Å². The third-order valence-corrected chi connectivity index (χ3v) is 8.50. The Labute approximate surface area is 231 Å². The summed E-state index contributed by atoms with van der Waals surface area (Å²) in [5, 5.41) is 1.50. The van der Waals surface area contributed by atoms with Crippen molar-refractivity contribution >= 4 is 46.0 Å². The van der Waals surface area contributed by atoms with Crippen molar-refractivity contribution in [2.24, 2.45) is 12.5 Å². The second-order valence-corrected chi connectivity index (χ2v) is 10.9.